The highest BCUT2D eigenvalue weighted by Gasteiger charge is 2.29. The van der Waals surface area contributed by atoms with Crippen molar-refractivity contribution in [2.45, 2.75) is 17.1 Å². The number of aromatic nitrogens is 1. The van der Waals surface area contributed by atoms with E-state index in [-0.39, 0.29) is 21.0 Å². The van der Waals surface area contributed by atoms with Crippen LogP contribution < -0.4 is 15.4 Å². The van der Waals surface area contributed by atoms with Crippen molar-refractivity contribution in [3.8, 4) is 17.0 Å². The average Bonchev–Trinajstić information content (AvgIpc) is 3.41. The normalized spacial score (nSPS) is 11.6. The topological polar surface area (TPSA) is 118 Å². The monoisotopic (exact) mass is 669 g/mol. The van der Waals surface area contributed by atoms with E-state index in [9.17, 15) is 19.5 Å². The standard InChI is InChI=1S/C27H19Cl4N3O5S2/c1-12(24(35)34-27-33-16(11-40-27)15-8-3-4-9-17(15)39-2)41-14-7-5-6-13(10-14)32-25(36)18-19(26(37)38)21(29)23(31)22(30)20(18)28/h3-12H,1-2H3,(H,32,36)(H,37,38)(H,33,34,35). The Balaban J connectivity index is 1.46. The zero-order valence-corrected chi connectivity index (χ0v) is 25.8. The van der Waals surface area contributed by atoms with Gasteiger partial charge in [-0.15, -0.1) is 23.1 Å². The summed E-state index contributed by atoms with van der Waals surface area (Å²) in [5.41, 5.74) is 0.813. The Kier molecular flexibility index (Phi) is 10.1. The van der Waals surface area contributed by atoms with Crippen molar-refractivity contribution >= 4 is 98.1 Å². The van der Waals surface area contributed by atoms with Crippen LogP contribution in [0.4, 0.5) is 10.8 Å². The minimum atomic E-state index is -1.50. The van der Waals surface area contributed by atoms with Gasteiger partial charge in [0, 0.05) is 21.5 Å². The molecular formula is C27H19Cl4N3O5S2. The molecule has 0 saturated heterocycles. The van der Waals surface area contributed by atoms with E-state index in [1.807, 2.05) is 29.6 Å². The SMILES string of the molecule is COc1ccccc1-c1csc(NC(=O)C(C)Sc2cccc(NC(=O)c3c(Cl)c(Cl)c(Cl)c(Cl)c3C(=O)O)c2)n1. The number of nitrogens with zero attached hydrogens (tertiary/aromatic N) is 1. The zero-order valence-electron chi connectivity index (χ0n) is 21.1. The van der Waals surface area contributed by atoms with Gasteiger partial charge in [-0.1, -0.05) is 64.6 Å². The third-order valence-corrected chi connectivity index (χ3v) is 9.25. The van der Waals surface area contributed by atoms with Gasteiger partial charge < -0.3 is 20.5 Å². The fourth-order valence-corrected chi connectivity index (χ4v) is 6.32. The predicted octanol–water partition coefficient (Wildman–Crippen LogP) is 8.50. The van der Waals surface area contributed by atoms with E-state index >= 15 is 0 Å². The molecule has 0 aliphatic carbocycles. The number of ether oxygens (including phenoxy) is 1. The minimum absolute atomic E-state index is 0.243. The Bertz CT molecular complexity index is 1660. The lowest BCUT2D eigenvalue weighted by atomic mass is 10.1. The van der Waals surface area contributed by atoms with Crippen LogP contribution in [0.2, 0.25) is 20.1 Å². The molecule has 41 heavy (non-hydrogen) atoms. The maximum absolute atomic E-state index is 13.1. The molecule has 0 fully saturated rings. The molecule has 0 bridgehead atoms. The summed E-state index contributed by atoms with van der Waals surface area (Å²) >= 11 is 26.8. The fraction of sp³-hybridized carbons (Fsp3) is 0.111. The Morgan fingerprint density at radius 1 is 0.951 bits per heavy atom. The number of para-hydroxylation sites is 1. The first kappa shape index (κ1) is 31.0. The van der Waals surface area contributed by atoms with Crippen LogP contribution in [0.1, 0.15) is 27.6 Å². The number of carbonyl (C=O) groups is 3. The van der Waals surface area contributed by atoms with Crippen molar-refractivity contribution in [3.63, 3.8) is 0 Å². The number of rotatable bonds is 9. The molecule has 4 aromatic rings. The number of carbonyl (C=O) groups excluding carboxylic acids is 2. The summed E-state index contributed by atoms with van der Waals surface area (Å²) < 4.78 is 5.39. The number of amides is 2. The van der Waals surface area contributed by atoms with E-state index in [2.05, 4.69) is 15.6 Å². The number of nitrogens with one attached hydrogen (secondary N) is 2. The maximum Gasteiger partial charge on any atom is 0.338 e. The number of hydrogen-bond acceptors (Lipinski definition) is 7. The van der Waals surface area contributed by atoms with Gasteiger partial charge in [0.05, 0.1) is 49.3 Å². The summed E-state index contributed by atoms with van der Waals surface area (Å²) in [5.74, 6) is -1.94. The fourth-order valence-electron chi connectivity index (χ4n) is 3.66. The molecule has 1 heterocycles. The largest absolute Gasteiger partial charge is 0.496 e. The second-order valence-electron chi connectivity index (χ2n) is 8.28. The molecule has 1 aromatic heterocycles. The van der Waals surface area contributed by atoms with Crippen molar-refractivity contribution in [1.82, 2.24) is 4.98 Å². The van der Waals surface area contributed by atoms with Crippen LogP contribution in [0.15, 0.2) is 58.8 Å². The number of aromatic carboxylic acids is 1. The van der Waals surface area contributed by atoms with Crippen LogP contribution in [0, 0.1) is 0 Å². The Hall–Kier alpha value is -2.99. The molecule has 2 amide bonds. The predicted molar refractivity (Wildman–Crippen MR) is 166 cm³/mol. The Labute approximate surface area is 262 Å². The molecule has 0 aliphatic rings. The lowest BCUT2D eigenvalue weighted by molar-refractivity contribution is -0.115. The van der Waals surface area contributed by atoms with Gasteiger partial charge in [0.1, 0.15) is 5.75 Å². The van der Waals surface area contributed by atoms with E-state index in [0.29, 0.717) is 27.2 Å². The van der Waals surface area contributed by atoms with Gasteiger partial charge in [-0.05, 0) is 37.3 Å². The Morgan fingerprint density at radius 2 is 1.63 bits per heavy atom. The smallest absolute Gasteiger partial charge is 0.338 e. The lowest BCUT2D eigenvalue weighted by Crippen LogP contribution is -2.22. The number of thiazole rings is 1. The third-order valence-electron chi connectivity index (χ3n) is 5.60. The van der Waals surface area contributed by atoms with Crippen LogP contribution in [0.25, 0.3) is 11.3 Å². The number of methoxy groups -OCH3 is 1. The van der Waals surface area contributed by atoms with Gasteiger partial charge in [-0.3, -0.25) is 9.59 Å². The van der Waals surface area contributed by atoms with E-state index in [0.717, 1.165) is 5.56 Å². The second-order valence-corrected chi connectivity index (χ2v) is 12.1. The van der Waals surface area contributed by atoms with Crippen LogP contribution >= 0.6 is 69.5 Å². The number of carboxylic acid groups (broad SMARTS) is 1. The van der Waals surface area contributed by atoms with E-state index < -0.39 is 33.3 Å². The molecule has 0 saturated carbocycles. The second kappa shape index (κ2) is 13.3. The maximum atomic E-state index is 13.1. The van der Waals surface area contributed by atoms with Crippen molar-refractivity contribution < 1.29 is 24.2 Å². The Morgan fingerprint density at radius 3 is 2.32 bits per heavy atom. The first-order chi connectivity index (χ1) is 19.5. The van der Waals surface area contributed by atoms with Crippen LogP contribution in [0.5, 0.6) is 5.75 Å². The number of hydrogen-bond donors (Lipinski definition) is 3. The van der Waals surface area contributed by atoms with Gasteiger partial charge in [0.2, 0.25) is 5.91 Å². The van der Waals surface area contributed by atoms with Crippen molar-refractivity contribution in [2.75, 3.05) is 17.7 Å². The quantitative estimate of drug-likeness (QED) is 0.0928. The first-order valence-corrected chi connectivity index (χ1v) is 14.9. The molecule has 8 nitrogen and oxygen atoms in total. The summed E-state index contributed by atoms with van der Waals surface area (Å²) in [6, 6.07) is 14.1. The number of carboxylic acids is 1. The summed E-state index contributed by atoms with van der Waals surface area (Å²) in [5, 5.41) is 15.5. The molecule has 4 rings (SSSR count). The molecule has 3 aromatic carbocycles. The molecule has 0 spiro atoms. The van der Waals surface area contributed by atoms with Gasteiger partial charge >= 0.3 is 5.97 Å². The molecule has 1 atom stereocenters. The minimum Gasteiger partial charge on any atom is -0.496 e. The molecule has 0 radical (unpaired) electrons. The van der Waals surface area contributed by atoms with Gasteiger partial charge in [0.15, 0.2) is 5.13 Å². The summed E-state index contributed by atoms with van der Waals surface area (Å²) in [6.07, 6.45) is 0. The summed E-state index contributed by atoms with van der Waals surface area (Å²) in [4.78, 5) is 42.9. The molecule has 14 heteroatoms. The molecule has 3 N–H and O–H groups in total. The van der Waals surface area contributed by atoms with Gasteiger partial charge in [0.25, 0.3) is 5.91 Å². The highest BCUT2D eigenvalue weighted by atomic mass is 35.5. The summed E-state index contributed by atoms with van der Waals surface area (Å²) in [7, 11) is 1.58. The number of anilines is 2. The highest BCUT2D eigenvalue weighted by Crippen LogP contribution is 2.42. The lowest BCUT2D eigenvalue weighted by Gasteiger charge is -2.15. The number of halogens is 4. The molecule has 1 unspecified atom stereocenters. The first-order valence-electron chi connectivity index (χ1n) is 11.6. The van der Waals surface area contributed by atoms with E-state index in [4.69, 9.17) is 51.1 Å². The van der Waals surface area contributed by atoms with Crippen LogP contribution in [0.3, 0.4) is 0 Å². The highest BCUT2D eigenvalue weighted by molar-refractivity contribution is 8.00. The van der Waals surface area contributed by atoms with Crippen LogP contribution in [-0.4, -0.2) is 40.2 Å². The summed E-state index contributed by atoms with van der Waals surface area (Å²) in [6.45, 7) is 1.73. The average molecular weight is 671 g/mol. The van der Waals surface area contributed by atoms with Crippen molar-refractivity contribution in [2.24, 2.45) is 0 Å². The molecular weight excluding hydrogens is 652 g/mol. The van der Waals surface area contributed by atoms with E-state index in [1.165, 1.54) is 23.1 Å². The number of benzene rings is 3. The molecule has 212 valence electrons. The van der Waals surface area contributed by atoms with Crippen molar-refractivity contribution in [3.05, 3.63) is 85.1 Å². The van der Waals surface area contributed by atoms with Gasteiger partial charge in [-0.25, -0.2) is 9.78 Å². The number of thioether (sulfide) groups is 1. The third kappa shape index (κ3) is 6.91. The molecule has 0 aliphatic heterocycles. The van der Waals surface area contributed by atoms with Crippen LogP contribution in [-0.2, 0) is 4.79 Å². The van der Waals surface area contributed by atoms with Gasteiger partial charge in [-0.2, -0.15) is 0 Å². The zero-order chi connectivity index (χ0) is 29.8. The van der Waals surface area contributed by atoms with Crippen molar-refractivity contribution in [1.29, 1.82) is 0 Å². The van der Waals surface area contributed by atoms with E-state index in [1.54, 1.807) is 38.3 Å².